The van der Waals surface area contributed by atoms with Gasteiger partial charge in [-0.25, -0.2) is 9.36 Å². The Balaban J connectivity index is 1.96. The number of nitro groups is 1. The van der Waals surface area contributed by atoms with Crippen LogP contribution in [-0.4, -0.2) is 27.4 Å². The molecule has 0 aromatic carbocycles. The van der Waals surface area contributed by atoms with Gasteiger partial charge in [0, 0.05) is 12.5 Å². The number of rotatable bonds is 3. The van der Waals surface area contributed by atoms with Crippen molar-refractivity contribution >= 4 is 12.0 Å². The van der Waals surface area contributed by atoms with E-state index in [0.717, 1.165) is 0 Å². The zero-order valence-electron chi connectivity index (χ0n) is 12.2. The highest BCUT2D eigenvalue weighted by Gasteiger charge is 2.30. The average molecular weight is 294 g/mol. The van der Waals surface area contributed by atoms with Gasteiger partial charge in [-0.1, -0.05) is 0 Å². The first kappa shape index (κ1) is 15.1. The highest BCUT2D eigenvalue weighted by molar-refractivity contribution is 5.61. The highest BCUT2D eigenvalue weighted by Crippen LogP contribution is 2.29. The van der Waals surface area contributed by atoms with E-state index in [1.165, 1.54) is 6.07 Å². The van der Waals surface area contributed by atoms with Gasteiger partial charge in [0.05, 0.1) is 6.20 Å². The lowest BCUT2D eigenvalue weighted by Gasteiger charge is -2.20. The number of aromatic nitrogens is 1. The summed E-state index contributed by atoms with van der Waals surface area (Å²) in [6, 6.07) is 2.86. The van der Waals surface area contributed by atoms with Crippen molar-refractivity contribution in [2.45, 2.75) is 44.9 Å². The second-order valence-electron chi connectivity index (χ2n) is 5.84. The van der Waals surface area contributed by atoms with Crippen molar-refractivity contribution in [3.8, 4) is 0 Å². The van der Waals surface area contributed by atoms with Gasteiger partial charge in [-0.05, 0) is 43.9 Å². The summed E-state index contributed by atoms with van der Waals surface area (Å²) < 4.78 is 11.8. The van der Waals surface area contributed by atoms with Crippen molar-refractivity contribution in [2.24, 2.45) is 0 Å². The average Bonchev–Trinajstić information content (AvgIpc) is 2.92. The van der Waals surface area contributed by atoms with E-state index in [0.29, 0.717) is 6.42 Å². The molecule has 1 aliphatic rings. The van der Waals surface area contributed by atoms with Crippen LogP contribution in [0.5, 0.6) is 0 Å². The van der Waals surface area contributed by atoms with Crippen molar-refractivity contribution < 1.29 is 19.2 Å². The van der Waals surface area contributed by atoms with Gasteiger partial charge in [0.2, 0.25) is 0 Å². The first-order valence-corrected chi connectivity index (χ1v) is 6.65. The predicted molar refractivity (Wildman–Crippen MR) is 75.0 cm³/mol. The molecule has 1 heterocycles. The maximum absolute atomic E-state index is 11.6. The Bertz CT molecular complexity index is 570. The summed E-state index contributed by atoms with van der Waals surface area (Å²) in [6.45, 7) is 5.26. The maximum Gasteiger partial charge on any atom is 0.509 e. The lowest BCUT2D eigenvalue weighted by molar-refractivity contribution is -0.392. The van der Waals surface area contributed by atoms with E-state index >= 15 is 0 Å². The number of hydrogen-bond donors (Lipinski definition) is 0. The number of carbonyl (C=O) groups is 1. The molecule has 1 aliphatic carbocycles. The Morgan fingerprint density at radius 2 is 2.14 bits per heavy atom. The molecule has 7 nitrogen and oxygen atoms in total. The van der Waals surface area contributed by atoms with Crippen LogP contribution in [-0.2, 0) is 9.47 Å². The van der Waals surface area contributed by atoms with Crippen LogP contribution in [0.1, 0.15) is 33.2 Å². The van der Waals surface area contributed by atoms with E-state index in [1.54, 1.807) is 49.8 Å². The third kappa shape index (κ3) is 3.84. The first-order valence-electron chi connectivity index (χ1n) is 6.65. The molecule has 0 saturated heterocycles. The summed E-state index contributed by atoms with van der Waals surface area (Å²) in [6.07, 6.45) is 4.43. The zero-order chi connectivity index (χ0) is 15.6. The van der Waals surface area contributed by atoms with Crippen molar-refractivity contribution in [2.75, 3.05) is 0 Å². The molecule has 0 fully saturated rings. The monoisotopic (exact) mass is 294 g/mol. The number of carbonyl (C=O) groups excluding carboxylic acids is 1. The molecule has 2 rings (SSSR count). The molecule has 21 heavy (non-hydrogen) atoms. The van der Waals surface area contributed by atoms with Crippen molar-refractivity contribution in [3.05, 3.63) is 40.6 Å². The van der Waals surface area contributed by atoms with E-state index in [4.69, 9.17) is 9.47 Å². The molecular weight excluding hydrogens is 276 g/mol. The van der Waals surface area contributed by atoms with E-state index in [9.17, 15) is 14.9 Å². The van der Waals surface area contributed by atoms with Crippen LogP contribution in [0.3, 0.4) is 0 Å². The van der Waals surface area contributed by atoms with E-state index < -0.39 is 22.8 Å². The molecule has 0 aliphatic heterocycles. The standard InChI is InChI=1S/C14H18N2O5/c1-14(2,3)21-13(17)20-11-7-6-10(9-11)15-8-4-5-12(15)16(18)19/h4-8,10-11H,9H2,1-3H3/t10-,11+/m1/s1. The lowest BCUT2D eigenvalue weighted by Crippen LogP contribution is -2.27. The molecule has 0 radical (unpaired) electrons. The minimum absolute atomic E-state index is 0.0163. The van der Waals surface area contributed by atoms with Crippen LogP contribution in [0.15, 0.2) is 30.5 Å². The van der Waals surface area contributed by atoms with Crippen molar-refractivity contribution in [1.29, 1.82) is 0 Å². The van der Waals surface area contributed by atoms with E-state index in [1.807, 2.05) is 0 Å². The van der Waals surface area contributed by atoms with Crippen LogP contribution in [0.25, 0.3) is 0 Å². The molecule has 0 unspecified atom stereocenters. The maximum atomic E-state index is 11.6. The fraction of sp³-hybridized carbons (Fsp3) is 0.500. The van der Waals surface area contributed by atoms with Crippen LogP contribution in [0.2, 0.25) is 0 Å². The largest absolute Gasteiger partial charge is 0.509 e. The van der Waals surface area contributed by atoms with Gasteiger partial charge in [0.1, 0.15) is 17.7 Å². The van der Waals surface area contributed by atoms with Crippen molar-refractivity contribution in [1.82, 2.24) is 4.57 Å². The Morgan fingerprint density at radius 1 is 1.43 bits per heavy atom. The SMILES string of the molecule is CC(C)(C)OC(=O)O[C@H]1C=C[C@@H](n2cccc2[N+](=O)[O-])C1. The third-order valence-corrected chi connectivity index (χ3v) is 2.96. The van der Waals surface area contributed by atoms with Crippen molar-refractivity contribution in [3.63, 3.8) is 0 Å². The number of nitrogens with zero attached hydrogens (tertiary/aromatic N) is 2. The van der Waals surface area contributed by atoms with E-state index in [2.05, 4.69) is 0 Å². The molecule has 0 N–H and O–H groups in total. The third-order valence-electron chi connectivity index (χ3n) is 2.96. The molecule has 2 atom stereocenters. The first-order chi connectivity index (χ1) is 9.76. The molecule has 0 amide bonds. The van der Waals surface area contributed by atoms with Gasteiger partial charge in [0.15, 0.2) is 0 Å². The normalized spacial score (nSPS) is 21.3. The fourth-order valence-electron chi connectivity index (χ4n) is 2.16. The van der Waals surface area contributed by atoms with Crippen LogP contribution < -0.4 is 0 Å². The van der Waals surface area contributed by atoms with Gasteiger partial charge >= 0.3 is 12.0 Å². The Labute approximate surface area is 122 Å². The predicted octanol–water partition coefficient (Wildman–Crippen LogP) is 3.22. The van der Waals surface area contributed by atoms with Gasteiger partial charge in [-0.15, -0.1) is 0 Å². The van der Waals surface area contributed by atoms with Crippen LogP contribution in [0.4, 0.5) is 10.6 Å². The molecule has 0 bridgehead atoms. The van der Waals surface area contributed by atoms with Gasteiger partial charge in [-0.3, -0.25) is 0 Å². The molecule has 0 saturated carbocycles. The highest BCUT2D eigenvalue weighted by atomic mass is 16.7. The van der Waals surface area contributed by atoms with Gasteiger partial charge in [-0.2, -0.15) is 0 Å². The van der Waals surface area contributed by atoms with E-state index in [-0.39, 0.29) is 11.9 Å². The molecular formula is C14H18N2O5. The summed E-state index contributed by atoms with van der Waals surface area (Å²) in [5.74, 6) is 0.0163. The summed E-state index contributed by atoms with van der Waals surface area (Å²) in [7, 11) is 0. The molecule has 1 aromatic heterocycles. The topological polar surface area (TPSA) is 83.6 Å². The fourth-order valence-corrected chi connectivity index (χ4v) is 2.16. The second-order valence-corrected chi connectivity index (χ2v) is 5.84. The van der Waals surface area contributed by atoms with Gasteiger partial charge in [0.25, 0.3) is 0 Å². The molecule has 0 spiro atoms. The smallest absolute Gasteiger partial charge is 0.429 e. The molecule has 1 aromatic rings. The summed E-state index contributed by atoms with van der Waals surface area (Å²) in [4.78, 5) is 22.1. The quantitative estimate of drug-likeness (QED) is 0.370. The van der Waals surface area contributed by atoms with Crippen LogP contribution in [0, 0.1) is 10.1 Å². The Morgan fingerprint density at radius 3 is 2.76 bits per heavy atom. The van der Waals surface area contributed by atoms with Crippen LogP contribution >= 0.6 is 0 Å². The minimum atomic E-state index is -0.736. The number of hydrogen-bond acceptors (Lipinski definition) is 5. The lowest BCUT2D eigenvalue weighted by atomic mass is 10.2. The number of ether oxygens (including phenoxy) is 2. The Kier molecular flexibility index (Phi) is 4.02. The second kappa shape index (κ2) is 5.59. The summed E-state index contributed by atoms with van der Waals surface area (Å²) >= 11 is 0. The Hall–Kier alpha value is -2.31. The zero-order valence-corrected chi connectivity index (χ0v) is 12.2. The minimum Gasteiger partial charge on any atom is -0.429 e. The molecule has 7 heteroatoms. The van der Waals surface area contributed by atoms with Gasteiger partial charge < -0.3 is 19.6 Å². The summed E-state index contributed by atoms with van der Waals surface area (Å²) in [5.41, 5.74) is -0.613. The summed E-state index contributed by atoms with van der Waals surface area (Å²) in [5, 5.41) is 10.9. The molecule has 114 valence electrons. The number of allylic oxidation sites excluding steroid dienone is 1.